The zero-order valence-electron chi connectivity index (χ0n) is 16.4. The maximum Gasteiger partial charge on any atom is 0.289 e. The van der Waals surface area contributed by atoms with E-state index in [4.69, 9.17) is 4.42 Å². The van der Waals surface area contributed by atoms with Crippen LogP contribution in [0.2, 0.25) is 0 Å². The average molecular weight is 456 g/mol. The lowest BCUT2D eigenvalue weighted by atomic mass is 10.2. The molecule has 7 nitrogen and oxygen atoms in total. The molecule has 0 unspecified atom stereocenters. The average Bonchev–Trinajstić information content (AvgIpc) is 3.15. The molecule has 1 amide bonds. The number of anilines is 3. The first-order valence-electron chi connectivity index (χ1n) is 9.47. The highest BCUT2D eigenvalue weighted by Crippen LogP contribution is 2.22. The van der Waals surface area contributed by atoms with Gasteiger partial charge in [0.2, 0.25) is 0 Å². The van der Waals surface area contributed by atoms with Crippen LogP contribution in [0.15, 0.2) is 51.6 Å². The van der Waals surface area contributed by atoms with Crippen LogP contribution in [0.25, 0.3) is 0 Å². The summed E-state index contributed by atoms with van der Waals surface area (Å²) in [6.07, 6.45) is 0. The minimum atomic E-state index is -0.0871. The molecule has 1 fully saturated rings. The van der Waals surface area contributed by atoms with Crippen LogP contribution >= 0.6 is 15.9 Å². The van der Waals surface area contributed by atoms with E-state index in [-0.39, 0.29) is 5.91 Å². The Morgan fingerprint density at radius 3 is 2.41 bits per heavy atom. The molecule has 0 saturated carbocycles. The fourth-order valence-corrected chi connectivity index (χ4v) is 3.59. The number of amides is 1. The van der Waals surface area contributed by atoms with Gasteiger partial charge in [0.25, 0.3) is 5.91 Å². The Morgan fingerprint density at radius 2 is 1.76 bits per heavy atom. The van der Waals surface area contributed by atoms with E-state index in [1.165, 1.54) is 5.56 Å². The molecule has 29 heavy (non-hydrogen) atoms. The van der Waals surface area contributed by atoms with Gasteiger partial charge in [-0.15, -0.1) is 0 Å². The van der Waals surface area contributed by atoms with E-state index in [0.29, 0.717) is 42.4 Å². The van der Waals surface area contributed by atoms with E-state index < -0.39 is 0 Å². The van der Waals surface area contributed by atoms with E-state index in [1.807, 2.05) is 25.1 Å². The van der Waals surface area contributed by atoms with Crippen molar-refractivity contribution in [3.05, 3.63) is 64.3 Å². The highest BCUT2D eigenvalue weighted by molar-refractivity contribution is 9.10. The Labute approximate surface area is 177 Å². The van der Waals surface area contributed by atoms with Crippen LogP contribution in [-0.2, 0) is 0 Å². The summed E-state index contributed by atoms with van der Waals surface area (Å²) in [5.74, 6) is 2.59. The molecule has 150 valence electrons. The zero-order chi connectivity index (χ0) is 20.4. The van der Waals surface area contributed by atoms with E-state index in [0.717, 1.165) is 17.3 Å². The zero-order valence-corrected chi connectivity index (χ0v) is 17.9. The van der Waals surface area contributed by atoms with Gasteiger partial charge in [-0.25, -0.2) is 9.97 Å². The molecule has 2 aromatic heterocycles. The van der Waals surface area contributed by atoms with E-state index in [2.05, 4.69) is 55.2 Å². The van der Waals surface area contributed by atoms with Crippen LogP contribution in [0.3, 0.4) is 0 Å². The third-order valence-corrected chi connectivity index (χ3v) is 5.25. The number of halogens is 1. The van der Waals surface area contributed by atoms with Gasteiger partial charge in [-0.1, -0.05) is 17.7 Å². The van der Waals surface area contributed by atoms with E-state index >= 15 is 0 Å². The Hall–Kier alpha value is -2.87. The second kappa shape index (κ2) is 8.24. The summed E-state index contributed by atoms with van der Waals surface area (Å²) in [7, 11) is 0. The van der Waals surface area contributed by atoms with Crippen molar-refractivity contribution >= 4 is 39.2 Å². The van der Waals surface area contributed by atoms with Gasteiger partial charge in [-0.3, -0.25) is 4.79 Å². The quantitative estimate of drug-likeness (QED) is 0.636. The number of benzene rings is 1. The topological polar surface area (TPSA) is 74.5 Å². The number of hydrogen-bond donors (Lipinski definition) is 1. The lowest BCUT2D eigenvalue weighted by Gasteiger charge is -2.35. The van der Waals surface area contributed by atoms with Crippen molar-refractivity contribution in [2.75, 3.05) is 36.4 Å². The van der Waals surface area contributed by atoms with Gasteiger partial charge in [0.15, 0.2) is 10.4 Å². The second-order valence-corrected chi connectivity index (χ2v) is 7.81. The molecule has 8 heteroatoms. The lowest BCUT2D eigenvalue weighted by Crippen LogP contribution is -2.49. The minimum Gasteiger partial charge on any atom is -0.444 e. The van der Waals surface area contributed by atoms with Crippen molar-refractivity contribution in [3.8, 4) is 0 Å². The van der Waals surface area contributed by atoms with Gasteiger partial charge in [0.1, 0.15) is 17.5 Å². The molecular weight excluding hydrogens is 434 g/mol. The van der Waals surface area contributed by atoms with E-state index in [9.17, 15) is 4.79 Å². The molecule has 1 N–H and O–H groups in total. The van der Waals surface area contributed by atoms with Crippen LogP contribution in [0, 0.1) is 13.8 Å². The summed E-state index contributed by atoms with van der Waals surface area (Å²) < 4.78 is 5.95. The second-order valence-electron chi connectivity index (χ2n) is 7.03. The predicted molar refractivity (Wildman–Crippen MR) is 116 cm³/mol. The molecule has 0 radical (unpaired) electrons. The Bertz CT molecular complexity index is 1010. The summed E-state index contributed by atoms with van der Waals surface area (Å²) in [5, 5.41) is 3.34. The SMILES string of the molecule is Cc1ccc(Nc2cc(N3CCN(C(=O)c4ccc(Br)o4)CC3)nc(C)n2)cc1. The van der Waals surface area contributed by atoms with Gasteiger partial charge >= 0.3 is 0 Å². The maximum atomic E-state index is 12.5. The number of aromatic nitrogens is 2. The van der Waals surface area contributed by atoms with Gasteiger partial charge in [0.05, 0.1) is 0 Å². The lowest BCUT2D eigenvalue weighted by molar-refractivity contribution is 0.0713. The van der Waals surface area contributed by atoms with Crippen molar-refractivity contribution in [3.63, 3.8) is 0 Å². The molecule has 1 aromatic carbocycles. The Morgan fingerprint density at radius 1 is 1.03 bits per heavy atom. The molecule has 1 saturated heterocycles. The number of nitrogens with one attached hydrogen (secondary N) is 1. The fraction of sp³-hybridized carbons (Fsp3) is 0.286. The summed E-state index contributed by atoms with van der Waals surface area (Å²) in [6, 6.07) is 13.6. The standard InChI is InChI=1S/C21H22BrN5O2/c1-14-3-5-16(6-4-14)25-19-13-20(24-15(2)23-19)26-9-11-27(12-10-26)21(28)17-7-8-18(22)29-17/h3-8,13H,9-12H2,1-2H3,(H,23,24,25). The third kappa shape index (κ3) is 4.59. The minimum absolute atomic E-state index is 0.0871. The number of carbonyl (C=O) groups is 1. The van der Waals surface area contributed by atoms with Crippen LogP contribution < -0.4 is 10.2 Å². The molecule has 3 heterocycles. The summed E-state index contributed by atoms with van der Waals surface area (Å²) in [4.78, 5) is 25.6. The number of piperazine rings is 1. The smallest absolute Gasteiger partial charge is 0.289 e. The largest absolute Gasteiger partial charge is 0.444 e. The maximum absolute atomic E-state index is 12.5. The van der Waals surface area contributed by atoms with Crippen molar-refractivity contribution in [1.29, 1.82) is 0 Å². The first kappa shape index (κ1) is 19.4. The highest BCUT2D eigenvalue weighted by Gasteiger charge is 2.25. The van der Waals surface area contributed by atoms with Crippen LogP contribution in [-0.4, -0.2) is 47.0 Å². The Balaban J connectivity index is 1.43. The van der Waals surface area contributed by atoms with Crippen molar-refractivity contribution < 1.29 is 9.21 Å². The number of furan rings is 1. The highest BCUT2D eigenvalue weighted by atomic mass is 79.9. The monoisotopic (exact) mass is 455 g/mol. The number of nitrogens with zero attached hydrogens (tertiary/aromatic N) is 4. The molecule has 1 aliphatic rings. The van der Waals surface area contributed by atoms with Gasteiger partial charge in [0, 0.05) is 37.9 Å². The van der Waals surface area contributed by atoms with E-state index in [1.54, 1.807) is 17.0 Å². The normalized spacial score (nSPS) is 14.2. The fourth-order valence-electron chi connectivity index (χ4n) is 3.29. The molecule has 1 aliphatic heterocycles. The van der Waals surface area contributed by atoms with Crippen LogP contribution in [0.1, 0.15) is 21.9 Å². The molecule has 4 rings (SSSR count). The number of carbonyl (C=O) groups excluding carboxylic acids is 1. The molecule has 3 aromatic rings. The number of aryl methyl sites for hydroxylation is 2. The van der Waals surface area contributed by atoms with Gasteiger partial charge in [-0.2, -0.15) is 0 Å². The van der Waals surface area contributed by atoms with Gasteiger partial charge < -0.3 is 19.5 Å². The molecule has 0 spiro atoms. The summed E-state index contributed by atoms with van der Waals surface area (Å²) in [6.45, 7) is 6.58. The predicted octanol–water partition coefficient (Wildman–Crippen LogP) is 4.15. The molecule has 0 bridgehead atoms. The van der Waals surface area contributed by atoms with Gasteiger partial charge in [-0.05, 0) is 54.0 Å². The summed E-state index contributed by atoms with van der Waals surface area (Å²) >= 11 is 3.24. The first-order chi connectivity index (χ1) is 14.0. The number of hydrogen-bond acceptors (Lipinski definition) is 6. The van der Waals surface area contributed by atoms with Crippen LogP contribution in [0.5, 0.6) is 0 Å². The first-order valence-corrected chi connectivity index (χ1v) is 10.3. The number of rotatable bonds is 4. The molecule has 0 atom stereocenters. The summed E-state index contributed by atoms with van der Waals surface area (Å²) in [5.41, 5.74) is 2.20. The van der Waals surface area contributed by atoms with Crippen molar-refractivity contribution in [1.82, 2.24) is 14.9 Å². The van der Waals surface area contributed by atoms with Crippen molar-refractivity contribution in [2.45, 2.75) is 13.8 Å². The Kier molecular flexibility index (Phi) is 5.53. The van der Waals surface area contributed by atoms with Crippen molar-refractivity contribution in [2.24, 2.45) is 0 Å². The molecular formula is C21H22BrN5O2. The molecule has 0 aliphatic carbocycles. The third-order valence-electron chi connectivity index (χ3n) is 4.82. The van der Waals surface area contributed by atoms with Crippen LogP contribution in [0.4, 0.5) is 17.3 Å².